The van der Waals surface area contributed by atoms with Crippen LogP contribution in [0.2, 0.25) is 15.1 Å². The van der Waals surface area contributed by atoms with Crippen molar-refractivity contribution in [2.75, 3.05) is 0 Å². The van der Waals surface area contributed by atoms with Crippen LogP contribution in [0, 0.1) is 10.1 Å². The molecule has 0 spiro atoms. The van der Waals surface area contributed by atoms with Gasteiger partial charge in [-0.1, -0.05) is 40.9 Å². The smallest absolute Gasteiger partial charge is 0.288 e. The first kappa shape index (κ1) is 19.4. The first-order valence-corrected chi connectivity index (χ1v) is 9.38. The zero-order valence-electron chi connectivity index (χ0n) is 14.5. The lowest BCUT2D eigenvalue weighted by Crippen LogP contribution is -1.91. The van der Waals surface area contributed by atoms with Crippen molar-refractivity contribution in [3.8, 4) is 11.5 Å². The highest BCUT2D eigenvalue weighted by atomic mass is 35.5. The van der Waals surface area contributed by atoms with E-state index < -0.39 is 4.92 Å². The zero-order chi connectivity index (χ0) is 20.5. The van der Waals surface area contributed by atoms with Gasteiger partial charge in [0.05, 0.1) is 20.7 Å². The second kappa shape index (κ2) is 7.83. The average molecular weight is 447 g/mol. The van der Waals surface area contributed by atoms with Crippen molar-refractivity contribution >= 4 is 63.5 Å². The third kappa shape index (κ3) is 4.10. The molecule has 0 N–H and O–H groups in total. The lowest BCUT2D eigenvalue weighted by molar-refractivity contribution is -0.384. The number of hydrogen-bond donors (Lipinski definition) is 0. The largest absolute Gasteiger partial charge is 0.436 e. The van der Waals surface area contributed by atoms with Crippen molar-refractivity contribution in [3.63, 3.8) is 0 Å². The number of hydrogen-bond acceptors (Lipinski definition) is 5. The van der Waals surface area contributed by atoms with Gasteiger partial charge in [-0.3, -0.25) is 15.1 Å². The van der Waals surface area contributed by atoms with Crippen LogP contribution in [0.4, 0.5) is 11.4 Å². The minimum Gasteiger partial charge on any atom is -0.436 e. The SMILES string of the molecule is O=[N+]([O-])c1cc(C=Nc2ccc3oc(-c4ccc(Cl)c(Cl)c4)nc3c2)ccc1Cl. The fourth-order valence-corrected chi connectivity index (χ4v) is 3.13. The number of nitrogens with zero attached hydrogens (tertiary/aromatic N) is 3. The molecule has 0 unspecified atom stereocenters. The van der Waals surface area contributed by atoms with E-state index in [1.807, 2.05) is 0 Å². The van der Waals surface area contributed by atoms with Gasteiger partial charge in [-0.15, -0.1) is 0 Å². The number of aliphatic imine (C=N–C) groups is 1. The maximum absolute atomic E-state index is 11.0. The molecule has 0 bridgehead atoms. The molecular weight excluding hydrogens is 437 g/mol. The van der Waals surface area contributed by atoms with Gasteiger partial charge in [0.1, 0.15) is 10.5 Å². The van der Waals surface area contributed by atoms with E-state index in [-0.39, 0.29) is 10.7 Å². The number of halogens is 3. The first-order valence-electron chi connectivity index (χ1n) is 8.25. The van der Waals surface area contributed by atoms with Gasteiger partial charge in [-0.05, 0) is 48.0 Å². The van der Waals surface area contributed by atoms with Crippen molar-refractivity contribution in [1.29, 1.82) is 0 Å². The zero-order valence-corrected chi connectivity index (χ0v) is 16.7. The highest BCUT2D eigenvalue weighted by Gasteiger charge is 2.12. The Bertz CT molecular complexity index is 1280. The van der Waals surface area contributed by atoms with Crippen LogP contribution in [0.1, 0.15) is 5.56 Å². The quantitative estimate of drug-likeness (QED) is 0.190. The number of rotatable bonds is 4. The summed E-state index contributed by atoms with van der Waals surface area (Å²) in [5.74, 6) is 0.410. The maximum Gasteiger partial charge on any atom is 0.288 e. The van der Waals surface area contributed by atoms with Gasteiger partial charge in [0.25, 0.3) is 5.69 Å². The van der Waals surface area contributed by atoms with Gasteiger partial charge >= 0.3 is 0 Å². The van der Waals surface area contributed by atoms with Gasteiger partial charge in [0.15, 0.2) is 5.58 Å². The molecule has 0 aliphatic heterocycles. The third-order valence-electron chi connectivity index (χ3n) is 4.07. The molecule has 0 aliphatic rings. The molecule has 6 nitrogen and oxygen atoms in total. The van der Waals surface area contributed by atoms with Crippen LogP contribution in [0.5, 0.6) is 0 Å². The molecule has 9 heteroatoms. The Labute approximate surface area is 179 Å². The summed E-state index contributed by atoms with van der Waals surface area (Å²) < 4.78 is 5.77. The van der Waals surface area contributed by atoms with E-state index in [1.165, 1.54) is 18.3 Å². The molecular formula is C20H10Cl3N3O3. The Balaban J connectivity index is 1.64. The van der Waals surface area contributed by atoms with Crippen LogP contribution in [0.3, 0.4) is 0 Å². The normalized spacial score (nSPS) is 11.4. The molecule has 3 aromatic carbocycles. The molecule has 0 aliphatic carbocycles. The number of benzene rings is 3. The topological polar surface area (TPSA) is 81.5 Å². The van der Waals surface area contributed by atoms with Crippen LogP contribution in [0.25, 0.3) is 22.6 Å². The summed E-state index contributed by atoms with van der Waals surface area (Å²) in [5.41, 5.74) is 2.90. The van der Waals surface area contributed by atoms with Crippen LogP contribution < -0.4 is 0 Å². The Morgan fingerprint density at radius 3 is 2.52 bits per heavy atom. The maximum atomic E-state index is 11.0. The minimum absolute atomic E-state index is 0.0750. The van der Waals surface area contributed by atoms with Crippen LogP contribution in [0.15, 0.2) is 64.0 Å². The molecule has 4 aromatic rings. The molecule has 0 radical (unpaired) electrons. The second-order valence-electron chi connectivity index (χ2n) is 6.03. The Hall–Kier alpha value is -2.93. The van der Waals surface area contributed by atoms with Gasteiger partial charge in [0, 0.05) is 17.8 Å². The highest BCUT2D eigenvalue weighted by molar-refractivity contribution is 6.42. The summed E-state index contributed by atoms with van der Waals surface area (Å²) in [6.07, 6.45) is 1.52. The lowest BCUT2D eigenvalue weighted by atomic mass is 10.2. The van der Waals surface area contributed by atoms with Crippen LogP contribution in [-0.4, -0.2) is 16.1 Å². The second-order valence-corrected chi connectivity index (χ2v) is 7.25. The fraction of sp³-hybridized carbons (Fsp3) is 0. The predicted molar refractivity (Wildman–Crippen MR) is 115 cm³/mol. The van der Waals surface area contributed by atoms with Crippen molar-refractivity contribution in [3.05, 3.63) is 85.3 Å². The predicted octanol–water partition coefficient (Wildman–Crippen LogP) is 7.11. The van der Waals surface area contributed by atoms with E-state index in [0.717, 1.165) is 0 Å². The number of fused-ring (bicyclic) bond motifs is 1. The monoisotopic (exact) mass is 445 g/mol. The molecule has 0 amide bonds. The molecule has 4 rings (SSSR count). The molecule has 0 saturated heterocycles. The molecule has 1 aromatic heterocycles. The highest BCUT2D eigenvalue weighted by Crippen LogP contribution is 2.31. The standard InChI is InChI=1S/C20H10Cl3N3O3/c21-14-5-2-12(8-16(14)23)20-25-17-9-13(3-6-19(17)29-20)24-10-11-1-4-15(22)18(7-11)26(27)28/h1-10H. The Morgan fingerprint density at radius 1 is 0.966 bits per heavy atom. The van der Waals surface area contributed by atoms with Crippen molar-refractivity contribution in [2.45, 2.75) is 0 Å². The van der Waals surface area contributed by atoms with E-state index in [9.17, 15) is 10.1 Å². The van der Waals surface area contributed by atoms with E-state index in [2.05, 4.69) is 9.98 Å². The van der Waals surface area contributed by atoms with Crippen molar-refractivity contribution < 1.29 is 9.34 Å². The van der Waals surface area contributed by atoms with Gasteiger partial charge < -0.3 is 4.42 Å². The molecule has 0 atom stereocenters. The van der Waals surface area contributed by atoms with Crippen molar-refractivity contribution in [2.24, 2.45) is 4.99 Å². The molecule has 0 saturated carbocycles. The van der Waals surface area contributed by atoms with E-state index in [0.29, 0.717) is 43.9 Å². The van der Waals surface area contributed by atoms with E-state index in [4.69, 9.17) is 39.2 Å². The summed E-state index contributed by atoms with van der Waals surface area (Å²) in [7, 11) is 0. The average Bonchev–Trinajstić information content (AvgIpc) is 3.12. The van der Waals surface area contributed by atoms with Crippen LogP contribution >= 0.6 is 34.8 Å². The summed E-state index contributed by atoms with van der Waals surface area (Å²) >= 11 is 17.8. The number of nitro groups is 1. The Morgan fingerprint density at radius 2 is 1.76 bits per heavy atom. The van der Waals surface area contributed by atoms with Gasteiger partial charge in [-0.25, -0.2) is 4.98 Å². The minimum atomic E-state index is -0.536. The number of aromatic nitrogens is 1. The summed E-state index contributed by atoms with van der Waals surface area (Å²) in [5, 5.41) is 11.9. The van der Waals surface area contributed by atoms with E-state index in [1.54, 1.807) is 42.5 Å². The van der Waals surface area contributed by atoms with Crippen molar-refractivity contribution in [1.82, 2.24) is 4.98 Å². The first-order chi connectivity index (χ1) is 13.9. The fourth-order valence-electron chi connectivity index (χ4n) is 2.65. The third-order valence-corrected chi connectivity index (χ3v) is 5.13. The summed E-state index contributed by atoms with van der Waals surface area (Å²) in [6.45, 7) is 0. The van der Waals surface area contributed by atoms with Gasteiger partial charge in [0.2, 0.25) is 5.89 Å². The summed E-state index contributed by atoms with van der Waals surface area (Å²) in [6, 6.07) is 14.9. The molecule has 29 heavy (non-hydrogen) atoms. The van der Waals surface area contributed by atoms with E-state index >= 15 is 0 Å². The Kier molecular flexibility index (Phi) is 5.24. The number of oxazole rings is 1. The van der Waals surface area contributed by atoms with Gasteiger partial charge in [-0.2, -0.15) is 0 Å². The number of nitro benzene ring substituents is 1. The molecule has 144 valence electrons. The van der Waals surface area contributed by atoms with Crippen LogP contribution in [-0.2, 0) is 0 Å². The molecule has 1 heterocycles. The molecule has 0 fully saturated rings. The summed E-state index contributed by atoms with van der Waals surface area (Å²) in [4.78, 5) is 19.3. The lowest BCUT2D eigenvalue weighted by Gasteiger charge is -1.97.